The molecule has 1 aromatic carbocycles. The molecular formula is C15H21N5. The quantitative estimate of drug-likeness (QED) is 0.835. The van der Waals surface area contributed by atoms with Crippen LogP contribution in [0.3, 0.4) is 0 Å². The standard InChI is InChI=1S/C15H21N5/c1-19(10-5-11-20-12-16-17-18-20)15-9-4-7-13-6-2-3-8-14(13)15/h2-3,6,8,12,15H,4-5,7,9-11H2,1H3. The Bertz CT molecular complexity index is 537. The van der Waals surface area contributed by atoms with Gasteiger partial charge in [0.1, 0.15) is 6.33 Å². The molecule has 0 saturated carbocycles. The molecule has 0 aliphatic heterocycles. The summed E-state index contributed by atoms with van der Waals surface area (Å²) in [5.74, 6) is 0. The van der Waals surface area contributed by atoms with E-state index in [0.29, 0.717) is 6.04 Å². The van der Waals surface area contributed by atoms with Gasteiger partial charge in [-0.3, -0.25) is 4.90 Å². The van der Waals surface area contributed by atoms with Crippen LogP contribution in [0, 0.1) is 0 Å². The highest BCUT2D eigenvalue weighted by molar-refractivity contribution is 5.32. The lowest BCUT2D eigenvalue weighted by Gasteiger charge is -2.33. The van der Waals surface area contributed by atoms with Crippen LogP contribution in [0.1, 0.15) is 36.4 Å². The second-order valence-corrected chi connectivity index (χ2v) is 5.51. The van der Waals surface area contributed by atoms with Crippen LogP contribution in [0.15, 0.2) is 30.6 Å². The molecule has 1 atom stereocenters. The van der Waals surface area contributed by atoms with Gasteiger partial charge in [-0.1, -0.05) is 24.3 Å². The second-order valence-electron chi connectivity index (χ2n) is 5.51. The largest absolute Gasteiger partial charge is 0.299 e. The van der Waals surface area contributed by atoms with Crippen molar-refractivity contribution in [2.24, 2.45) is 0 Å². The molecule has 1 aliphatic carbocycles. The first kappa shape index (κ1) is 13.2. The highest BCUT2D eigenvalue weighted by Gasteiger charge is 2.22. The fourth-order valence-electron chi connectivity index (χ4n) is 3.11. The van der Waals surface area contributed by atoms with Crippen LogP contribution < -0.4 is 0 Å². The molecule has 3 rings (SSSR count). The molecule has 0 fully saturated rings. The van der Waals surface area contributed by atoms with Gasteiger partial charge in [0.2, 0.25) is 0 Å². The minimum absolute atomic E-state index is 0.564. The summed E-state index contributed by atoms with van der Waals surface area (Å²) >= 11 is 0. The summed E-state index contributed by atoms with van der Waals surface area (Å²) in [7, 11) is 2.23. The van der Waals surface area contributed by atoms with Gasteiger partial charge in [-0.25, -0.2) is 4.68 Å². The van der Waals surface area contributed by atoms with Crippen LogP contribution in [-0.2, 0) is 13.0 Å². The number of aryl methyl sites for hydroxylation is 2. The van der Waals surface area contributed by atoms with E-state index in [1.807, 2.05) is 0 Å². The van der Waals surface area contributed by atoms with E-state index in [9.17, 15) is 0 Å². The van der Waals surface area contributed by atoms with Gasteiger partial charge in [0.15, 0.2) is 0 Å². The number of rotatable bonds is 5. The van der Waals surface area contributed by atoms with Gasteiger partial charge in [-0.05, 0) is 54.3 Å². The Morgan fingerprint density at radius 3 is 3.10 bits per heavy atom. The van der Waals surface area contributed by atoms with E-state index in [1.165, 1.54) is 30.4 Å². The van der Waals surface area contributed by atoms with Crippen LogP contribution in [0.2, 0.25) is 0 Å². The van der Waals surface area contributed by atoms with Crippen LogP contribution in [0.25, 0.3) is 0 Å². The average Bonchev–Trinajstić information content (AvgIpc) is 3.00. The van der Waals surface area contributed by atoms with E-state index in [4.69, 9.17) is 0 Å². The Morgan fingerprint density at radius 2 is 2.25 bits per heavy atom. The maximum absolute atomic E-state index is 3.90. The van der Waals surface area contributed by atoms with Crippen LogP contribution in [0.4, 0.5) is 0 Å². The fourth-order valence-corrected chi connectivity index (χ4v) is 3.11. The summed E-state index contributed by atoms with van der Waals surface area (Å²) in [4.78, 5) is 2.47. The number of aromatic nitrogens is 4. The lowest BCUT2D eigenvalue weighted by Crippen LogP contribution is -2.29. The van der Waals surface area contributed by atoms with E-state index in [-0.39, 0.29) is 0 Å². The van der Waals surface area contributed by atoms with Gasteiger partial charge in [0.25, 0.3) is 0 Å². The van der Waals surface area contributed by atoms with E-state index >= 15 is 0 Å². The lowest BCUT2D eigenvalue weighted by atomic mass is 9.87. The van der Waals surface area contributed by atoms with Crippen molar-refractivity contribution in [1.82, 2.24) is 25.1 Å². The van der Waals surface area contributed by atoms with Crippen LogP contribution >= 0.6 is 0 Å². The smallest absolute Gasteiger partial charge is 0.138 e. The van der Waals surface area contributed by atoms with Gasteiger partial charge in [0, 0.05) is 19.1 Å². The van der Waals surface area contributed by atoms with Crippen molar-refractivity contribution in [3.63, 3.8) is 0 Å². The third kappa shape index (κ3) is 2.88. The topological polar surface area (TPSA) is 46.8 Å². The summed E-state index contributed by atoms with van der Waals surface area (Å²) in [6, 6.07) is 9.44. The molecule has 0 amide bonds. The first-order valence-electron chi connectivity index (χ1n) is 7.33. The van der Waals surface area contributed by atoms with Crippen molar-refractivity contribution in [2.45, 2.75) is 38.3 Å². The van der Waals surface area contributed by atoms with E-state index in [1.54, 1.807) is 11.0 Å². The molecule has 5 nitrogen and oxygen atoms in total. The Labute approximate surface area is 119 Å². The number of benzene rings is 1. The third-order valence-corrected chi connectivity index (χ3v) is 4.16. The number of hydrogen-bond acceptors (Lipinski definition) is 4. The summed E-state index contributed by atoms with van der Waals surface area (Å²) in [5, 5.41) is 11.2. The van der Waals surface area contributed by atoms with Gasteiger partial charge in [-0.15, -0.1) is 5.10 Å². The zero-order valence-electron chi connectivity index (χ0n) is 11.9. The van der Waals surface area contributed by atoms with Gasteiger partial charge in [-0.2, -0.15) is 0 Å². The Morgan fingerprint density at radius 1 is 1.35 bits per heavy atom. The molecule has 106 valence electrons. The van der Waals surface area contributed by atoms with Crippen molar-refractivity contribution in [3.8, 4) is 0 Å². The number of fused-ring (bicyclic) bond motifs is 1. The molecule has 2 aromatic rings. The molecular weight excluding hydrogens is 250 g/mol. The zero-order valence-corrected chi connectivity index (χ0v) is 11.9. The maximum atomic E-state index is 3.90. The molecule has 1 aromatic heterocycles. The number of nitrogens with zero attached hydrogens (tertiary/aromatic N) is 5. The Kier molecular flexibility index (Phi) is 4.06. The second kappa shape index (κ2) is 6.13. The minimum atomic E-state index is 0.564. The van der Waals surface area contributed by atoms with Crippen molar-refractivity contribution < 1.29 is 0 Å². The zero-order chi connectivity index (χ0) is 13.8. The summed E-state index contributed by atoms with van der Waals surface area (Å²) in [5.41, 5.74) is 3.04. The van der Waals surface area contributed by atoms with E-state index in [2.05, 4.69) is 51.7 Å². The molecule has 1 unspecified atom stereocenters. The predicted octanol–water partition coefficient (Wildman–Crippen LogP) is 2.07. The molecule has 0 N–H and O–H groups in total. The SMILES string of the molecule is CN(CCCn1cnnn1)C1CCCc2ccccc21. The molecule has 0 saturated heterocycles. The predicted molar refractivity (Wildman–Crippen MR) is 77.2 cm³/mol. The molecule has 0 spiro atoms. The lowest BCUT2D eigenvalue weighted by molar-refractivity contribution is 0.214. The average molecular weight is 271 g/mol. The number of tetrazole rings is 1. The normalized spacial score (nSPS) is 18.2. The van der Waals surface area contributed by atoms with E-state index in [0.717, 1.165) is 19.5 Å². The fraction of sp³-hybridized carbons (Fsp3) is 0.533. The summed E-state index contributed by atoms with van der Waals surface area (Å²) in [6.07, 6.45) is 6.53. The Hall–Kier alpha value is -1.75. The summed E-state index contributed by atoms with van der Waals surface area (Å²) < 4.78 is 1.79. The van der Waals surface area contributed by atoms with E-state index < -0.39 is 0 Å². The van der Waals surface area contributed by atoms with Gasteiger partial charge < -0.3 is 0 Å². The molecule has 5 heteroatoms. The molecule has 20 heavy (non-hydrogen) atoms. The van der Waals surface area contributed by atoms with Crippen molar-refractivity contribution in [1.29, 1.82) is 0 Å². The third-order valence-electron chi connectivity index (χ3n) is 4.16. The van der Waals surface area contributed by atoms with Crippen molar-refractivity contribution in [2.75, 3.05) is 13.6 Å². The molecule has 0 bridgehead atoms. The highest BCUT2D eigenvalue weighted by atomic mass is 15.5. The molecule has 1 heterocycles. The number of hydrogen-bond donors (Lipinski definition) is 0. The molecule has 0 radical (unpaired) electrons. The maximum Gasteiger partial charge on any atom is 0.138 e. The molecule has 1 aliphatic rings. The minimum Gasteiger partial charge on any atom is -0.299 e. The van der Waals surface area contributed by atoms with Gasteiger partial charge in [0.05, 0.1) is 0 Å². The van der Waals surface area contributed by atoms with Crippen LogP contribution in [-0.4, -0.2) is 38.7 Å². The van der Waals surface area contributed by atoms with Crippen LogP contribution in [0.5, 0.6) is 0 Å². The Balaban J connectivity index is 1.59. The van der Waals surface area contributed by atoms with Crippen molar-refractivity contribution in [3.05, 3.63) is 41.7 Å². The summed E-state index contributed by atoms with van der Waals surface area (Å²) in [6.45, 7) is 1.95. The van der Waals surface area contributed by atoms with Crippen molar-refractivity contribution >= 4 is 0 Å². The monoisotopic (exact) mass is 271 g/mol. The van der Waals surface area contributed by atoms with Gasteiger partial charge >= 0.3 is 0 Å². The highest BCUT2D eigenvalue weighted by Crippen LogP contribution is 2.33. The first-order chi connectivity index (χ1) is 9.84. The first-order valence-corrected chi connectivity index (χ1v) is 7.33.